The predicted molar refractivity (Wildman–Crippen MR) is 93.8 cm³/mol. The molecule has 2 fully saturated rings. The van der Waals surface area contributed by atoms with Gasteiger partial charge in [-0.3, -0.25) is 4.79 Å². The highest BCUT2D eigenvalue weighted by atomic mass is 32.2. The number of hydrogen-bond acceptors (Lipinski definition) is 6. The Balaban J connectivity index is 1.85. The monoisotopic (exact) mass is 375 g/mol. The quantitative estimate of drug-likeness (QED) is 0.851. The number of sulfonamides is 1. The second kappa shape index (κ2) is 7.10. The number of thioether (sulfide) groups is 1. The standard InChI is InChI=1S/C14H21N3O3S3/c1-11-10-16(4-3-15-11)14(18)13-12(2-7-22-13)23(19,20)17-5-8-21-9-6-17/h2,7,11,15H,3-6,8-10H2,1H3. The SMILES string of the molecule is CC1CN(C(=O)c2sccc2S(=O)(=O)N2CCSCC2)CCN1. The van der Waals surface area contributed by atoms with Crippen molar-refractivity contribution in [1.29, 1.82) is 0 Å². The normalized spacial score (nSPS) is 23.9. The van der Waals surface area contributed by atoms with Gasteiger partial charge in [-0.15, -0.1) is 11.3 Å². The largest absolute Gasteiger partial charge is 0.335 e. The lowest BCUT2D eigenvalue weighted by Crippen LogP contribution is -2.51. The number of rotatable bonds is 3. The van der Waals surface area contributed by atoms with E-state index in [1.165, 1.54) is 15.6 Å². The van der Waals surface area contributed by atoms with Crippen LogP contribution in [0.15, 0.2) is 16.3 Å². The second-order valence-electron chi connectivity index (χ2n) is 5.74. The van der Waals surface area contributed by atoms with E-state index >= 15 is 0 Å². The van der Waals surface area contributed by atoms with E-state index in [0.29, 0.717) is 31.1 Å². The van der Waals surface area contributed by atoms with E-state index in [2.05, 4.69) is 5.32 Å². The summed E-state index contributed by atoms with van der Waals surface area (Å²) < 4.78 is 27.2. The first-order valence-corrected chi connectivity index (χ1v) is 11.2. The van der Waals surface area contributed by atoms with E-state index in [4.69, 9.17) is 0 Å². The van der Waals surface area contributed by atoms with Gasteiger partial charge in [0.15, 0.2) is 0 Å². The van der Waals surface area contributed by atoms with Crippen molar-refractivity contribution in [3.05, 3.63) is 16.3 Å². The van der Waals surface area contributed by atoms with Crippen LogP contribution in [0, 0.1) is 0 Å². The van der Waals surface area contributed by atoms with E-state index in [-0.39, 0.29) is 16.8 Å². The molecule has 3 rings (SSSR count). The van der Waals surface area contributed by atoms with Crippen molar-refractivity contribution in [3.63, 3.8) is 0 Å². The topological polar surface area (TPSA) is 69.7 Å². The summed E-state index contributed by atoms with van der Waals surface area (Å²) in [6.45, 7) is 5.01. The van der Waals surface area contributed by atoms with Gasteiger partial charge in [0, 0.05) is 50.3 Å². The number of piperazine rings is 1. The molecule has 2 saturated heterocycles. The average Bonchev–Trinajstić information content (AvgIpc) is 3.05. The van der Waals surface area contributed by atoms with Crippen molar-refractivity contribution in [1.82, 2.24) is 14.5 Å². The van der Waals surface area contributed by atoms with Gasteiger partial charge in [-0.25, -0.2) is 8.42 Å². The molecular formula is C14H21N3O3S3. The number of nitrogens with one attached hydrogen (secondary N) is 1. The smallest absolute Gasteiger partial charge is 0.265 e. The van der Waals surface area contributed by atoms with Gasteiger partial charge in [-0.1, -0.05) is 0 Å². The zero-order valence-electron chi connectivity index (χ0n) is 13.0. The van der Waals surface area contributed by atoms with Crippen molar-refractivity contribution in [2.75, 3.05) is 44.2 Å². The Kier molecular flexibility index (Phi) is 5.32. The lowest BCUT2D eigenvalue weighted by Gasteiger charge is -2.32. The summed E-state index contributed by atoms with van der Waals surface area (Å²) in [7, 11) is -3.58. The lowest BCUT2D eigenvalue weighted by molar-refractivity contribution is 0.0710. The Morgan fingerprint density at radius 1 is 1.30 bits per heavy atom. The fourth-order valence-electron chi connectivity index (χ4n) is 2.84. The Morgan fingerprint density at radius 2 is 2.04 bits per heavy atom. The number of hydrogen-bond donors (Lipinski definition) is 1. The zero-order chi connectivity index (χ0) is 16.4. The molecule has 1 unspecified atom stereocenters. The van der Waals surface area contributed by atoms with E-state index in [9.17, 15) is 13.2 Å². The van der Waals surface area contributed by atoms with E-state index in [0.717, 1.165) is 18.1 Å². The van der Waals surface area contributed by atoms with Gasteiger partial charge in [0.2, 0.25) is 10.0 Å². The minimum absolute atomic E-state index is 0.168. The summed E-state index contributed by atoms with van der Waals surface area (Å²) in [5.74, 6) is 1.45. The average molecular weight is 376 g/mol. The number of carbonyl (C=O) groups is 1. The van der Waals surface area contributed by atoms with Crippen molar-refractivity contribution in [3.8, 4) is 0 Å². The molecule has 1 atom stereocenters. The van der Waals surface area contributed by atoms with Gasteiger partial charge >= 0.3 is 0 Å². The highest BCUT2D eigenvalue weighted by molar-refractivity contribution is 7.99. The first kappa shape index (κ1) is 17.2. The predicted octanol–water partition coefficient (Wildman–Crippen LogP) is 0.919. The maximum Gasteiger partial charge on any atom is 0.265 e. The first-order valence-electron chi connectivity index (χ1n) is 7.68. The maximum atomic E-state index is 12.9. The van der Waals surface area contributed by atoms with Crippen LogP contribution in [-0.4, -0.2) is 73.8 Å². The molecule has 0 aromatic carbocycles. The van der Waals surface area contributed by atoms with Crippen LogP contribution in [0.1, 0.15) is 16.6 Å². The van der Waals surface area contributed by atoms with Gasteiger partial charge in [0.25, 0.3) is 5.91 Å². The third kappa shape index (κ3) is 3.58. The molecule has 1 N–H and O–H groups in total. The van der Waals surface area contributed by atoms with Gasteiger partial charge < -0.3 is 10.2 Å². The molecule has 1 aromatic heterocycles. The van der Waals surface area contributed by atoms with Crippen LogP contribution >= 0.6 is 23.1 Å². The van der Waals surface area contributed by atoms with E-state index < -0.39 is 10.0 Å². The van der Waals surface area contributed by atoms with Crippen molar-refractivity contribution in [2.45, 2.75) is 17.9 Å². The molecule has 9 heteroatoms. The Bertz CT molecular complexity index is 668. The van der Waals surface area contributed by atoms with Crippen molar-refractivity contribution < 1.29 is 13.2 Å². The number of thiophene rings is 1. The van der Waals surface area contributed by atoms with Gasteiger partial charge in [-0.2, -0.15) is 16.1 Å². The number of carbonyl (C=O) groups excluding carboxylic acids is 1. The van der Waals surface area contributed by atoms with Crippen LogP contribution in [0.3, 0.4) is 0 Å². The number of nitrogens with zero attached hydrogens (tertiary/aromatic N) is 2. The first-order chi connectivity index (χ1) is 11.0. The molecule has 1 amide bonds. The molecule has 0 saturated carbocycles. The van der Waals surface area contributed by atoms with E-state index in [1.807, 2.05) is 6.92 Å². The molecular weight excluding hydrogens is 354 g/mol. The number of amides is 1. The van der Waals surface area contributed by atoms with Gasteiger partial charge in [0.05, 0.1) is 0 Å². The Labute approximate surface area is 145 Å². The van der Waals surface area contributed by atoms with Gasteiger partial charge in [0.1, 0.15) is 9.77 Å². The minimum Gasteiger partial charge on any atom is -0.335 e. The van der Waals surface area contributed by atoms with Crippen LogP contribution in [0.2, 0.25) is 0 Å². The second-order valence-corrected chi connectivity index (χ2v) is 9.78. The molecule has 23 heavy (non-hydrogen) atoms. The van der Waals surface area contributed by atoms with Crippen LogP contribution < -0.4 is 5.32 Å². The minimum atomic E-state index is -3.58. The molecule has 6 nitrogen and oxygen atoms in total. The van der Waals surface area contributed by atoms with Crippen LogP contribution in [0.25, 0.3) is 0 Å². The Morgan fingerprint density at radius 3 is 2.74 bits per heavy atom. The molecule has 3 heterocycles. The summed E-state index contributed by atoms with van der Waals surface area (Å²) in [6.07, 6.45) is 0. The third-order valence-corrected chi connectivity index (χ3v) is 7.98. The molecule has 128 valence electrons. The summed E-state index contributed by atoms with van der Waals surface area (Å²) in [5.41, 5.74) is 0. The molecule has 0 spiro atoms. The van der Waals surface area contributed by atoms with Crippen LogP contribution in [0.4, 0.5) is 0 Å². The van der Waals surface area contributed by atoms with Crippen LogP contribution in [0.5, 0.6) is 0 Å². The van der Waals surface area contributed by atoms with Crippen molar-refractivity contribution in [2.24, 2.45) is 0 Å². The fourth-order valence-corrected chi connectivity index (χ4v) is 6.78. The van der Waals surface area contributed by atoms with Gasteiger partial charge in [-0.05, 0) is 18.4 Å². The molecule has 0 bridgehead atoms. The van der Waals surface area contributed by atoms with E-state index in [1.54, 1.807) is 28.1 Å². The molecule has 2 aliphatic heterocycles. The Hall–Kier alpha value is -0.610. The molecule has 0 aliphatic carbocycles. The summed E-state index contributed by atoms with van der Waals surface area (Å²) in [4.78, 5) is 15.0. The lowest BCUT2D eigenvalue weighted by atomic mass is 10.2. The summed E-state index contributed by atoms with van der Waals surface area (Å²) in [6, 6.07) is 1.80. The van der Waals surface area contributed by atoms with Crippen LogP contribution in [-0.2, 0) is 10.0 Å². The van der Waals surface area contributed by atoms with Crippen molar-refractivity contribution >= 4 is 39.0 Å². The summed E-state index contributed by atoms with van der Waals surface area (Å²) >= 11 is 2.98. The highest BCUT2D eigenvalue weighted by Gasteiger charge is 2.33. The third-order valence-electron chi connectivity index (χ3n) is 4.07. The molecule has 2 aliphatic rings. The summed E-state index contributed by atoms with van der Waals surface area (Å²) in [5, 5.41) is 4.99. The highest BCUT2D eigenvalue weighted by Crippen LogP contribution is 2.28. The fraction of sp³-hybridized carbons (Fsp3) is 0.643. The molecule has 0 radical (unpaired) electrons. The zero-order valence-corrected chi connectivity index (χ0v) is 15.5. The molecule has 1 aromatic rings. The maximum absolute atomic E-state index is 12.9.